The Labute approximate surface area is 280 Å². The molecule has 1 aliphatic rings. The van der Waals surface area contributed by atoms with Crippen molar-refractivity contribution < 1.29 is 33.3 Å². The van der Waals surface area contributed by atoms with Gasteiger partial charge in [-0.1, -0.05) is 47.0 Å². The molecular formula is C31H21Cl3N4O7S. The van der Waals surface area contributed by atoms with Crippen molar-refractivity contribution >= 4 is 76.1 Å². The van der Waals surface area contributed by atoms with E-state index in [0.29, 0.717) is 26.2 Å². The molecule has 4 atom stereocenters. The van der Waals surface area contributed by atoms with E-state index in [2.05, 4.69) is 15.0 Å². The second-order valence-corrected chi connectivity index (χ2v) is 11.7. The van der Waals surface area contributed by atoms with Crippen LogP contribution in [0.3, 0.4) is 0 Å². The molecule has 3 aromatic carbocycles. The number of benzene rings is 3. The molecule has 0 bridgehead atoms. The average Bonchev–Trinajstić information content (AvgIpc) is 3.62. The summed E-state index contributed by atoms with van der Waals surface area (Å²) in [5.41, 5.74) is 1.36. The number of ether oxygens (including phenoxy) is 4. The van der Waals surface area contributed by atoms with Gasteiger partial charge in [-0.2, -0.15) is 0 Å². The van der Waals surface area contributed by atoms with Gasteiger partial charge in [0.15, 0.2) is 23.1 Å². The number of H-pyrrole nitrogens is 1. The van der Waals surface area contributed by atoms with Crippen LogP contribution in [0.25, 0.3) is 11.2 Å². The Bertz CT molecular complexity index is 1970. The van der Waals surface area contributed by atoms with Crippen molar-refractivity contribution in [3.63, 3.8) is 0 Å². The number of hydrogen-bond acceptors (Lipinski definition) is 10. The minimum Gasteiger partial charge on any atom is -0.459 e. The molecule has 0 amide bonds. The number of halogens is 3. The smallest absolute Gasteiger partial charge is 0.338 e. The second-order valence-electron chi connectivity index (χ2n) is 9.98. The molecule has 1 saturated heterocycles. The lowest BCUT2D eigenvalue weighted by atomic mass is 10.1. The van der Waals surface area contributed by atoms with Crippen molar-refractivity contribution in [3.05, 3.63) is 122 Å². The summed E-state index contributed by atoms with van der Waals surface area (Å²) in [6, 6.07) is 18.2. The van der Waals surface area contributed by atoms with E-state index in [-0.39, 0.29) is 27.9 Å². The van der Waals surface area contributed by atoms with Gasteiger partial charge in [0.25, 0.3) is 0 Å². The van der Waals surface area contributed by atoms with Crippen LogP contribution < -0.4 is 0 Å². The van der Waals surface area contributed by atoms with Gasteiger partial charge in [-0.15, -0.1) is 0 Å². The Kier molecular flexibility index (Phi) is 9.34. The Morgan fingerprint density at radius 1 is 0.761 bits per heavy atom. The SMILES string of the molecule is O=C(OCC1OC(n2cnc3c(=S)nc[nH]c32)C(OC(=O)c2ccc(Cl)cc2)C1OC(=O)c1ccc(Cl)cc1)c1ccc(Cl)cc1. The first kappa shape index (κ1) is 31.6. The van der Waals surface area contributed by atoms with Crippen LogP contribution in [0.1, 0.15) is 37.3 Å². The van der Waals surface area contributed by atoms with Crippen LogP contribution in [-0.4, -0.2) is 62.3 Å². The molecule has 234 valence electrons. The Hall–Kier alpha value is -4.33. The first-order valence-electron chi connectivity index (χ1n) is 13.6. The van der Waals surface area contributed by atoms with Gasteiger partial charge in [0.1, 0.15) is 23.9 Å². The Morgan fingerprint density at radius 3 is 1.80 bits per heavy atom. The highest BCUT2D eigenvalue weighted by Gasteiger charge is 2.51. The number of imidazole rings is 1. The van der Waals surface area contributed by atoms with Crippen LogP contribution in [-0.2, 0) is 18.9 Å². The molecular weight excluding hydrogens is 679 g/mol. The summed E-state index contributed by atoms with van der Waals surface area (Å²) in [5, 5.41) is 1.28. The Balaban J connectivity index is 1.37. The van der Waals surface area contributed by atoms with Crippen LogP contribution >= 0.6 is 47.0 Å². The molecule has 3 heterocycles. The normalized spacial score (nSPS) is 19.1. The molecule has 1 N–H and O–H groups in total. The third kappa shape index (κ3) is 6.76. The van der Waals surface area contributed by atoms with Crippen LogP contribution in [0.5, 0.6) is 0 Å². The maximum atomic E-state index is 13.4. The maximum absolute atomic E-state index is 13.4. The highest BCUT2D eigenvalue weighted by molar-refractivity contribution is 7.71. The predicted molar refractivity (Wildman–Crippen MR) is 170 cm³/mol. The highest BCUT2D eigenvalue weighted by atomic mass is 35.5. The first-order valence-corrected chi connectivity index (χ1v) is 15.1. The molecule has 0 radical (unpaired) electrons. The molecule has 1 fully saturated rings. The standard InChI is InChI=1S/C31H21Cl3N4O7S/c32-19-7-1-16(2-8-19)29(39)42-13-22-24(44-30(40)17-3-9-20(33)10-4-17)25(45-31(41)18-5-11-21(34)12-6-18)28(43-22)38-15-37-23-26(38)35-14-36-27(23)46/h1-12,14-15,22,24-25,28H,13H2,(H,35,36,46). The molecule has 0 spiro atoms. The number of esters is 3. The summed E-state index contributed by atoms with van der Waals surface area (Å²) in [6.07, 6.45) is -1.97. The van der Waals surface area contributed by atoms with Crippen molar-refractivity contribution in [3.8, 4) is 0 Å². The van der Waals surface area contributed by atoms with E-state index in [1.807, 2.05) is 0 Å². The van der Waals surface area contributed by atoms with E-state index < -0.39 is 42.4 Å². The second kappa shape index (κ2) is 13.6. The topological polar surface area (TPSA) is 135 Å². The molecule has 1 aliphatic heterocycles. The Morgan fingerprint density at radius 2 is 1.26 bits per heavy atom. The summed E-state index contributed by atoms with van der Waals surface area (Å²) in [4.78, 5) is 51.1. The van der Waals surface area contributed by atoms with E-state index in [0.717, 1.165) is 0 Å². The number of carbonyl (C=O) groups excluding carboxylic acids is 3. The molecule has 11 nitrogen and oxygen atoms in total. The zero-order valence-electron chi connectivity index (χ0n) is 23.3. The molecule has 15 heteroatoms. The fraction of sp³-hybridized carbons (Fsp3) is 0.161. The van der Waals surface area contributed by atoms with Crippen molar-refractivity contribution in [1.82, 2.24) is 19.5 Å². The molecule has 2 aromatic heterocycles. The largest absolute Gasteiger partial charge is 0.459 e. The van der Waals surface area contributed by atoms with Crippen molar-refractivity contribution in [2.45, 2.75) is 24.5 Å². The lowest BCUT2D eigenvalue weighted by Crippen LogP contribution is -2.41. The summed E-state index contributed by atoms with van der Waals surface area (Å²) in [5.74, 6) is -2.18. The quantitative estimate of drug-likeness (QED) is 0.107. The van der Waals surface area contributed by atoms with Gasteiger partial charge in [0.2, 0.25) is 0 Å². The lowest BCUT2D eigenvalue weighted by molar-refractivity contribution is -0.0606. The fourth-order valence-electron chi connectivity index (χ4n) is 4.78. The molecule has 6 rings (SSSR count). The molecule has 0 saturated carbocycles. The zero-order chi connectivity index (χ0) is 32.4. The monoisotopic (exact) mass is 698 g/mol. The number of hydrogen-bond donors (Lipinski definition) is 1. The van der Waals surface area contributed by atoms with E-state index in [1.165, 1.54) is 77.9 Å². The third-order valence-corrected chi connectivity index (χ3v) is 8.10. The minimum absolute atomic E-state index is 0.177. The number of nitrogens with zero attached hydrogens (tertiary/aromatic N) is 3. The summed E-state index contributed by atoms with van der Waals surface area (Å²) < 4.78 is 25.6. The summed E-state index contributed by atoms with van der Waals surface area (Å²) >= 11 is 23.3. The van der Waals surface area contributed by atoms with Crippen LogP contribution in [0.15, 0.2) is 85.5 Å². The molecule has 0 aliphatic carbocycles. The fourth-order valence-corrected chi connectivity index (χ4v) is 5.36. The summed E-state index contributed by atoms with van der Waals surface area (Å²) in [6.45, 7) is -0.379. The third-order valence-electron chi connectivity index (χ3n) is 7.04. The first-order chi connectivity index (χ1) is 22.2. The number of aromatic amines is 1. The van der Waals surface area contributed by atoms with Crippen molar-refractivity contribution in [1.29, 1.82) is 0 Å². The van der Waals surface area contributed by atoms with Gasteiger partial charge in [-0.3, -0.25) is 4.57 Å². The van der Waals surface area contributed by atoms with E-state index in [9.17, 15) is 14.4 Å². The number of fused-ring (bicyclic) bond motifs is 1. The summed E-state index contributed by atoms with van der Waals surface area (Å²) in [7, 11) is 0. The maximum Gasteiger partial charge on any atom is 0.338 e. The van der Waals surface area contributed by atoms with Gasteiger partial charge >= 0.3 is 17.9 Å². The van der Waals surface area contributed by atoms with Crippen molar-refractivity contribution in [2.24, 2.45) is 0 Å². The van der Waals surface area contributed by atoms with E-state index >= 15 is 0 Å². The lowest BCUT2D eigenvalue weighted by Gasteiger charge is -2.25. The van der Waals surface area contributed by atoms with Crippen LogP contribution in [0.4, 0.5) is 0 Å². The average molecular weight is 700 g/mol. The number of nitrogens with one attached hydrogen (secondary N) is 1. The van der Waals surface area contributed by atoms with Crippen LogP contribution in [0.2, 0.25) is 15.1 Å². The molecule has 5 aromatic rings. The van der Waals surface area contributed by atoms with Gasteiger partial charge in [-0.05, 0) is 72.8 Å². The minimum atomic E-state index is -1.27. The van der Waals surface area contributed by atoms with Gasteiger partial charge in [0.05, 0.1) is 29.3 Å². The van der Waals surface area contributed by atoms with Crippen molar-refractivity contribution in [2.75, 3.05) is 6.61 Å². The highest BCUT2D eigenvalue weighted by Crippen LogP contribution is 2.37. The van der Waals surface area contributed by atoms with Gasteiger partial charge in [0, 0.05) is 15.1 Å². The number of carbonyl (C=O) groups is 3. The zero-order valence-corrected chi connectivity index (χ0v) is 26.4. The molecule has 4 unspecified atom stereocenters. The molecule has 46 heavy (non-hydrogen) atoms. The van der Waals surface area contributed by atoms with Gasteiger partial charge < -0.3 is 23.9 Å². The van der Waals surface area contributed by atoms with E-state index in [4.69, 9.17) is 66.0 Å². The number of rotatable bonds is 8. The van der Waals surface area contributed by atoms with Gasteiger partial charge in [-0.25, -0.2) is 24.4 Å². The number of aromatic nitrogens is 4. The predicted octanol–water partition coefficient (Wildman–Crippen LogP) is 6.65. The van der Waals surface area contributed by atoms with E-state index in [1.54, 1.807) is 12.1 Å². The van der Waals surface area contributed by atoms with Crippen LogP contribution in [0, 0.1) is 4.64 Å².